The lowest BCUT2D eigenvalue weighted by atomic mass is 9.40. The van der Waals surface area contributed by atoms with Gasteiger partial charge in [0, 0.05) is 13.0 Å². The van der Waals surface area contributed by atoms with Crippen LogP contribution in [0, 0.1) is 22.2 Å². The molecule has 0 aromatic rings. The summed E-state index contributed by atoms with van der Waals surface area (Å²) >= 11 is 0. The van der Waals surface area contributed by atoms with Gasteiger partial charge in [0.2, 0.25) is 5.91 Å². The molecule has 4 rings (SSSR count). The Morgan fingerprint density at radius 2 is 1.84 bits per heavy atom. The van der Waals surface area contributed by atoms with Gasteiger partial charge in [-0.05, 0) is 60.7 Å². The molecule has 0 saturated heterocycles. The van der Waals surface area contributed by atoms with E-state index in [1.165, 1.54) is 38.5 Å². The van der Waals surface area contributed by atoms with E-state index in [9.17, 15) is 4.79 Å². The summed E-state index contributed by atoms with van der Waals surface area (Å²) in [4.78, 5) is 12.1. The fourth-order valence-electron chi connectivity index (χ4n) is 6.47. The molecule has 4 bridgehead atoms. The van der Waals surface area contributed by atoms with Crippen LogP contribution in [0.4, 0.5) is 0 Å². The quantitative estimate of drug-likeness (QED) is 0.769. The van der Waals surface area contributed by atoms with E-state index in [2.05, 4.69) is 25.7 Å². The molecular formula is C17H27NO. The van der Waals surface area contributed by atoms with Crippen molar-refractivity contribution in [3.63, 3.8) is 0 Å². The van der Waals surface area contributed by atoms with Crippen molar-refractivity contribution in [2.24, 2.45) is 22.2 Å². The third-order valence-electron chi connectivity index (χ3n) is 5.72. The lowest BCUT2D eigenvalue weighted by Crippen LogP contribution is -2.56. The Kier molecular flexibility index (Phi) is 2.85. The largest absolute Gasteiger partial charge is 0.353 e. The minimum absolute atomic E-state index is 0.231. The van der Waals surface area contributed by atoms with Crippen LogP contribution in [0.2, 0.25) is 0 Å². The second kappa shape index (κ2) is 4.10. The maximum Gasteiger partial charge on any atom is 0.220 e. The Morgan fingerprint density at radius 1 is 1.21 bits per heavy atom. The Balaban J connectivity index is 1.77. The molecule has 4 aliphatic rings. The van der Waals surface area contributed by atoms with Crippen molar-refractivity contribution in [1.82, 2.24) is 5.32 Å². The summed E-state index contributed by atoms with van der Waals surface area (Å²) in [7, 11) is 0. The van der Waals surface area contributed by atoms with Crippen molar-refractivity contribution in [2.45, 2.75) is 58.8 Å². The Bertz CT molecular complexity index is 395. The monoisotopic (exact) mass is 261 g/mol. The first-order chi connectivity index (χ1) is 8.86. The highest BCUT2D eigenvalue weighted by Gasteiger charge is 2.60. The van der Waals surface area contributed by atoms with E-state index >= 15 is 0 Å². The smallest absolute Gasteiger partial charge is 0.220 e. The summed E-state index contributed by atoms with van der Waals surface area (Å²) in [5, 5.41) is 2.98. The van der Waals surface area contributed by atoms with Gasteiger partial charge < -0.3 is 5.32 Å². The Morgan fingerprint density at radius 3 is 2.37 bits per heavy atom. The van der Waals surface area contributed by atoms with Gasteiger partial charge in [-0.15, -0.1) is 6.58 Å². The molecule has 2 nitrogen and oxygen atoms in total. The number of nitrogens with one attached hydrogen (secondary N) is 1. The molecule has 2 heteroatoms. The number of rotatable bonds is 4. The maximum absolute atomic E-state index is 12.1. The fraction of sp³-hybridized carbons (Fsp3) is 0.824. The molecular weight excluding hydrogens is 234 g/mol. The van der Waals surface area contributed by atoms with E-state index in [4.69, 9.17) is 0 Å². The molecule has 0 aromatic carbocycles. The predicted molar refractivity (Wildman–Crippen MR) is 77.7 cm³/mol. The van der Waals surface area contributed by atoms with E-state index in [1.54, 1.807) is 6.08 Å². The number of carbonyl (C=O) groups excluding carboxylic acids is 1. The summed E-state index contributed by atoms with van der Waals surface area (Å²) in [6.45, 7) is 9.20. The first-order valence-corrected chi connectivity index (χ1v) is 7.74. The first-order valence-electron chi connectivity index (χ1n) is 7.74. The SMILES string of the molecule is C=CCNC(=O)CC12CC3CC(C)(CC(C)(C3)C1)C2. The summed E-state index contributed by atoms with van der Waals surface area (Å²) in [6, 6.07) is 0. The van der Waals surface area contributed by atoms with E-state index in [-0.39, 0.29) is 5.91 Å². The van der Waals surface area contributed by atoms with Crippen LogP contribution in [0.25, 0.3) is 0 Å². The van der Waals surface area contributed by atoms with Gasteiger partial charge in [-0.3, -0.25) is 4.79 Å². The Labute approximate surface area is 117 Å². The van der Waals surface area contributed by atoms with Crippen molar-refractivity contribution >= 4 is 5.91 Å². The average molecular weight is 261 g/mol. The third kappa shape index (κ3) is 2.34. The van der Waals surface area contributed by atoms with E-state index < -0.39 is 0 Å². The highest BCUT2D eigenvalue weighted by molar-refractivity contribution is 5.77. The minimum Gasteiger partial charge on any atom is -0.353 e. The van der Waals surface area contributed by atoms with Gasteiger partial charge >= 0.3 is 0 Å². The van der Waals surface area contributed by atoms with Crippen LogP contribution in [0.5, 0.6) is 0 Å². The minimum atomic E-state index is 0.231. The molecule has 4 saturated carbocycles. The number of amides is 1. The van der Waals surface area contributed by atoms with E-state index in [1.807, 2.05) is 0 Å². The van der Waals surface area contributed by atoms with Gasteiger partial charge in [0.05, 0.1) is 0 Å². The van der Waals surface area contributed by atoms with E-state index in [0.717, 1.165) is 12.3 Å². The van der Waals surface area contributed by atoms with Crippen molar-refractivity contribution in [1.29, 1.82) is 0 Å². The van der Waals surface area contributed by atoms with Crippen molar-refractivity contribution < 1.29 is 4.79 Å². The van der Waals surface area contributed by atoms with Crippen LogP contribution in [0.1, 0.15) is 58.8 Å². The van der Waals surface area contributed by atoms with Gasteiger partial charge in [0.25, 0.3) is 0 Å². The predicted octanol–water partition coefficient (Wildman–Crippen LogP) is 3.68. The molecule has 4 fully saturated rings. The molecule has 0 spiro atoms. The van der Waals surface area contributed by atoms with Crippen LogP contribution in [-0.2, 0) is 4.79 Å². The zero-order chi connectivity index (χ0) is 13.7. The zero-order valence-electron chi connectivity index (χ0n) is 12.4. The van der Waals surface area contributed by atoms with Crippen molar-refractivity contribution in [3.05, 3.63) is 12.7 Å². The van der Waals surface area contributed by atoms with Crippen molar-refractivity contribution in [3.8, 4) is 0 Å². The molecule has 0 aliphatic heterocycles. The van der Waals surface area contributed by atoms with Gasteiger partial charge in [0.1, 0.15) is 0 Å². The first kappa shape index (κ1) is 13.2. The molecule has 0 heterocycles. The molecule has 0 radical (unpaired) electrons. The molecule has 1 amide bonds. The fourth-order valence-corrected chi connectivity index (χ4v) is 6.47. The summed E-state index contributed by atoms with van der Waals surface area (Å²) in [6.07, 6.45) is 10.5. The van der Waals surface area contributed by atoms with Crippen LogP contribution in [0.15, 0.2) is 12.7 Å². The van der Waals surface area contributed by atoms with Crippen LogP contribution in [0.3, 0.4) is 0 Å². The molecule has 2 unspecified atom stereocenters. The maximum atomic E-state index is 12.1. The molecule has 0 aromatic heterocycles. The molecule has 2 atom stereocenters. The Hall–Kier alpha value is -0.790. The standard InChI is InChI=1S/C17H27NO/c1-4-5-18-14(19)9-17-8-13-6-15(2,11-17)10-16(3,7-13)12-17/h4,13H,1,5-12H2,2-3H3,(H,18,19). The number of hydrogen-bond donors (Lipinski definition) is 1. The van der Waals surface area contributed by atoms with Crippen LogP contribution < -0.4 is 5.32 Å². The van der Waals surface area contributed by atoms with Gasteiger partial charge in [0.15, 0.2) is 0 Å². The molecule has 4 aliphatic carbocycles. The molecule has 1 N–H and O–H groups in total. The highest BCUT2D eigenvalue weighted by atomic mass is 16.1. The second-order valence-corrected chi connectivity index (χ2v) is 8.40. The van der Waals surface area contributed by atoms with Crippen LogP contribution >= 0.6 is 0 Å². The summed E-state index contributed by atoms with van der Waals surface area (Å²) < 4.78 is 0. The van der Waals surface area contributed by atoms with Gasteiger partial charge in [-0.1, -0.05) is 19.9 Å². The topological polar surface area (TPSA) is 29.1 Å². The molecule has 19 heavy (non-hydrogen) atoms. The zero-order valence-corrected chi connectivity index (χ0v) is 12.4. The normalized spacial score (nSPS) is 47.2. The third-order valence-corrected chi connectivity index (χ3v) is 5.72. The van der Waals surface area contributed by atoms with Gasteiger partial charge in [-0.25, -0.2) is 0 Å². The average Bonchev–Trinajstić information content (AvgIpc) is 2.20. The summed E-state index contributed by atoms with van der Waals surface area (Å²) in [5.74, 6) is 1.10. The lowest BCUT2D eigenvalue weighted by Gasteiger charge is -2.65. The van der Waals surface area contributed by atoms with E-state index in [0.29, 0.717) is 22.8 Å². The van der Waals surface area contributed by atoms with Gasteiger partial charge in [-0.2, -0.15) is 0 Å². The highest BCUT2D eigenvalue weighted by Crippen LogP contribution is 2.70. The molecule has 106 valence electrons. The number of carbonyl (C=O) groups is 1. The van der Waals surface area contributed by atoms with Crippen LogP contribution in [-0.4, -0.2) is 12.5 Å². The number of hydrogen-bond acceptors (Lipinski definition) is 1. The van der Waals surface area contributed by atoms with Crippen molar-refractivity contribution in [2.75, 3.05) is 6.54 Å². The second-order valence-electron chi connectivity index (χ2n) is 8.40. The summed E-state index contributed by atoms with van der Waals surface area (Å²) in [5.41, 5.74) is 1.31. The lowest BCUT2D eigenvalue weighted by molar-refractivity contribution is -0.155.